The van der Waals surface area contributed by atoms with Gasteiger partial charge in [-0.3, -0.25) is 4.79 Å². The predicted molar refractivity (Wildman–Crippen MR) is 90.2 cm³/mol. The number of rotatable bonds is 6. The summed E-state index contributed by atoms with van der Waals surface area (Å²) in [5, 5.41) is 13.4. The van der Waals surface area contributed by atoms with Gasteiger partial charge in [0.05, 0.1) is 25.8 Å². The molecule has 3 aliphatic rings. The van der Waals surface area contributed by atoms with Crippen molar-refractivity contribution in [3.63, 3.8) is 0 Å². The van der Waals surface area contributed by atoms with Gasteiger partial charge in [-0.05, 0) is 18.8 Å². The largest absolute Gasteiger partial charge is 0.461 e. The van der Waals surface area contributed by atoms with Crippen molar-refractivity contribution in [2.24, 2.45) is 23.2 Å². The van der Waals surface area contributed by atoms with Gasteiger partial charge in [0.15, 0.2) is 0 Å². The van der Waals surface area contributed by atoms with Gasteiger partial charge in [0.1, 0.15) is 12.0 Å². The fourth-order valence-electron chi connectivity index (χ4n) is 5.00. The number of hydrogen-bond donors (Lipinski definition) is 2. The zero-order chi connectivity index (χ0) is 17.3. The summed E-state index contributed by atoms with van der Waals surface area (Å²) in [6, 6.07) is 0. The molecule has 2 fully saturated rings. The predicted octanol–water partition coefficient (Wildman–Crippen LogP) is 0.871. The Bertz CT molecular complexity index is 506. The maximum Gasteiger partial charge on any atom is 0.315 e. The molecule has 136 valence electrons. The first-order valence-corrected chi connectivity index (χ1v) is 9.38. The molecular formula is C19H32NO4+. The molecule has 2 aliphatic carbocycles. The number of carbonyl (C=O) groups is 1. The lowest BCUT2D eigenvalue weighted by molar-refractivity contribution is -0.660. The summed E-state index contributed by atoms with van der Waals surface area (Å²) in [5.41, 5.74) is 1.09. The zero-order valence-corrected chi connectivity index (χ0v) is 15.2. The van der Waals surface area contributed by atoms with Gasteiger partial charge < -0.3 is 19.9 Å². The Kier molecular flexibility index (Phi) is 5.33. The van der Waals surface area contributed by atoms with Gasteiger partial charge in [0.2, 0.25) is 0 Å². The molecular weight excluding hydrogens is 306 g/mol. The normalized spacial score (nSPS) is 41.4. The van der Waals surface area contributed by atoms with E-state index in [0.717, 1.165) is 38.8 Å². The van der Waals surface area contributed by atoms with Crippen LogP contribution in [-0.2, 0) is 14.3 Å². The van der Waals surface area contributed by atoms with Crippen molar-refractivity contribution in [3.8, 4) is 0 Å². The number of carbonyl (C=O) groups excluding carboxylic acids is 1. The average molecular weight is 338 g/mol. The van der Waals surface area contributed by atoms with Crippen LogP contribution in [0.3, 0.4) is 0 Å². The van der Waals surface area contributed by atoms with Crippen LogP contribution in [0.25, 0.3) is 0 Å². The van der Waals surface area contributed by atoms with Crippen molar-refractivity contribution in [2.45, 2.75) is 51.7 Å². The number of fused-ring (bicyclic) bond motifs is 2. The Morgan fingerprint density at radius 2 is 2.29 bits per heavy atom. The highest BCUT2D eigenvalue weighted by atomic mass is 16.6. The molecule has 0 unspecified atom stereocenters. The standard InChI is InChI=1S/C19H31NO4/c1-12-6-4-7-13-10-15-16(17(21)19(12,13)2)14(18(22)24-15)11-20-8-5-9-23-3/h7,12,14-17,20-21H,4-6,8-11H2,1-3H3/p+1/t12-,14-,15+,16+,17+,19+/m0/s1. The molecule has 1 saturated carbocycles. The average Bonchev–Trinajstić information content (AvgIpc) is 2.86. The number of aliphatic hydroxyl groups is 1. The van der Waals surface area contributed by atoms with E-state index in [4.69, 9.17) is 9.47 Å². The molecule has 3 N–H and O–H groups in total. The highest BCUT2D eigenvalue weighted by Crippen LogP contribution is 2.55. The number of allylic oxidation sites excluding steroid dienone is 1. The van der Waals surface area contributed by atoms with Gasteiger partial charge in [0, 0.05) is 31.3 Å². The van der Waals surface area contributed by atoms with Crippen molar-refractivity contribution < 1.29 is 24.7 Å². The minimum absolute atomic E-state index is 0.0705. The fraction of sp³-hybridized carbons (Fsp3) is 0.842. The van der Waals surface area contributed by atoms with Crippen molar-refractivity contribution in [3.05, 3.63) is 11.6 Å². The van der Waals surface area contributed by atoms with E-state index in [1.54, 1.807) is 7.11 Å². The third-order valence-corrected chi connectivity index (χ3v) is 6.75. The molecule has 0 aromatic heterocycles. The first-order chi connectivity index (χ1) is 11.5. The maximum atomic E-state index is 12.4. The fourth-order valence-corrected chi connectivity index (χ4v) is 5.00. The van der Waals surface area contributed by atoms with E-state index in [-0.39, 0.29) is 29.3 Å². The topological polar surface area (TPSA) is 72.4 Å². The number of aliphatic hydroxyl groups excluding tert-OH is 1. The van der Waals surface area contributed by atoms with Crippen LogP contribution in [0.2, 0.25) is 0 Å². The Morgan fingerprint density at radius 3 is 3.04 bits per heavy atom. The second kappa shape index (κ2) is 7.14. The lowest BCUT2D eigenvalue weighted by Crippen LogP contribution is -2.86. The van der Waals surface area contributed by atoms with Crippen LogP contribution >= 0.6 is 0 Å². The molecule has 0 aromatic rings. The summed E-state index contributed by atoms with van der Waals surface area (Å²) in [5.74, 6) is 0.0527. The smallest absolute Gasteiger partial charge is 0.315 e. The lowest BCUT2D eigenvalue weighted by Gasteiger charge is -2.51. The van der Waals surface area contributed by atoms with Gasteiger partial charge in [-0.1, -0.05) is 25.5 Å². The second-order valence-corrected chi connectivity index (χ2v) is 7.96. The summed E-state index contributed by atoms with van der Waals surface area (Å²) >= 11 is 0. The van der Waals surface area contributed by atoms with Crippen molar-refractivity contribution in [2.75, 3.05) is 26.8 Å². The zero-order valence-electron chi connectivity index (χ0n) is 15.2. The van der Waals surface area contributed by atoms with Crippen LogP contribution in [0.1, 0.15) is 39.5 Å². The molecule has 3 rings (SSSR count). The molecule has 1 aliphatic heterocycles. The van der Waals surface area contributed by atoms with E-state index in [1.165, 1.54) is 5.57 Å². The molecule has 0 bridgehead atoms. The van der Waals surface area contributed by atoms with Crippen LogP contribution in [0.15, 0.2) is 11.6 Å². The first kappa shape index (κ1) is 17.9. The quantitative estimate of drug-likeness (QED) is 0.428. The number of hydrogen-bond acceptors (Lipinski definition) is 4. The second-order valence-electron chi connectivity index (χ2n) is 7.96. The summed E-state index contributed by atoms with van der Waals surface area (Å²) in [6.07, 6.45) is 5.58. The molecule has 5 nitrogen and oxygen atoms in total. The molecule has 24 heavy (non-hydrogen) atoms. The van der Waals surface area contributed by atoms with Gasteiger partial charge in [-0.25, -0.2) is 0 Å². The molecule has 1 heterocycles. The molecule has 0 radical (unpaired) electrons. The first-order valence-electron chi connectivity index (χ1n) is 9.38. The SMILES string of the molecule is COCCC[NH2+]C[C@@H]1C(=O)O[C@@H]2CC3=CCC[C@H](C)[C@@]3(C)[C@H](O)[C@H]12. The van der Waals surface area contributed by atoms with Crippen molar-refractivity contribution in [1.82, 2.24) is 0 Å². The van der Waals surface area contributed by atoms with Crippen LogP contribution in [0.4, 0.5) is 0 Å². The Labute approximate surface area is 144 Å². The van der Waals surface area contributed by atoms with E-state index in [1.807, 2.05) is 0 Å². The van der Waals surface area contributed by atoms with Crippen LogP contribution in [0, 0.1) is 23.2 Å². The van der Waals surface area contributed by atoms with E-state index in [2.05, 4.69) is 25.2 Å². The molecule has 0 amide bonds. The number of ether oxygens (including phenoxy) is 2. The summed E-state index contributed by atoms with van der Waals surface area (Å²) in [7, 11) is 1.70. The Balaban J connectivity index is 1.72. The Hall–Kier alpha value is -0.910. The summed E-state index contributed by atoms with van der Waals surface area (Å²) < 4.78 is 10.7. The molecule has 0 spiro atoms. The van der Waals surface area contributed by atoms with Gasteiger partial charge in [-0.15, -0.1) is 0 Å². The van der Waals surface area contributed by atoms with Crippen LogP contribution in [0.5, 0.6) is 0 Å². The van der Waals surface area contributed by atoms with Gasteiger partial charge in [0.25, 0.3) is 0 Å². The minimum Gasteiger partial charge on any atom is -0.461 e. The molecule has 6 atom stereocenters. The molecule has 1 saturated heterocycles. The highest BCUT2D eigenvalue weighted by Gasteiger charge is 2.60. The van der Waals surface area contributed by atoms with E-state index in [9.17, 15) is 9.90 Å². The van der Waals surface area contributed by atoms with Gasteiger partial charge >= 0.3 is 5.97 Å². The van der Waals surface area contributed by atoms with E-state index < -0.39 is 6.10 Å². The lowest BCUT2D eigenvalue weighted by atomic mass is 9.55. The third kappa shape index (κ3) is 2.91. The number of nitrogens with two attached hydrogens (primary N) is 1. The van der Waals surface area contributed by atoms with Crippen molar-refractivity contribution >= 4 is 5.97 Å². The van der Waals surface area contributed by atoms with Crippen LogP contribution in [-0.4, -0.2) is 50.1 Å². The molecule has 0 aromatic carbocycles. The Morgan fingerprint density at radius 1 is 1.50 bits per heavy atom. The van der Waals surface area contributed by atoms with E-state index in [0.29, 0.717) is 12.5 Å². The van der Waals surface area contributed by atoms with Crippen molar-refractivity contribution in [1.29, 1.82) is 0 Å². The van der Waals surface area contributed by atoms with Gasteiger partial charge in [-0.2, -0.15) is 0 Å². The molecule has 5 heteroatoms. The minimum atomic E-state index is -0.498. The maximum absolute atomic E-state index is 12.4. The number of quaternary nitrogens is 1. The number of methoxy groups -OCH3 is 1. The summed E-state index contributed by atoms with van der Waals surface area (Å²) in [4.78, 5) is 12.4. The monoisotopic (exact) mass is 338 g/mol. The number of esters is 1. The summed E-state index contributed by atoms with van der Waals surface area (Å²) in [6.45, 7) is 6.80. The van der Waals surface area contributed by atoms with E-state index >= 15 is 0 Å². The third-order valence-electron chi connectivity index (χ3n) is 6.75. The highest BCUT2D eigenvalue weighted by molar-refractivity contribution is 5.76. The van der Waals surface area contributed by atoms with Crippen LogP contribution < -0.4 is 5.32 Å².